The van der Waals surface area contributed by atoms with Gasteiger partial charge >= 0.3 is 5.82 Å². The Morgan fingerprint density at radius 1 is 1.64 bits per heavy atom. The van der Waals surface area contributed by atoms with E-state index < -0.39 is 4.92 Å². The monoisotopic (exact) mass is 198 g/mol. The molecule has 1 heterocycles. The summed E-state index contributed by atoms with van der Waals surface area (Å²) < 4.78 is 1.91. The lowest BCUT2D eigenvalue weighted by Gasteiger charge is -1.97. The molecular weight excluding hydrogens is 188 g/mol. The van der Waals surface area contributed by atoms with E-state index in [9.17, 15) is 15.3 Å². The number of hydrogen-bond donors (Lipinski definition) is 0. The van der Waals surface area contributed by atoms with Crippen molar-refractivity contribution in [3.8, 4) is 0 Å². The molecule has 0 spiro atoms. The van der Waals surface area contributed by atoms with Crippen LogP contribution in [-0.2, 0) is 7.05 Å². The van der Waals surface area contributed by atoms with Gasteiger partial charge in [-0.1, -0.05) is 0 Å². The molecule has 0 aliphatic rings. The maximum Gasteiger partial charge on any atom is 0.343 e. The third-order valence-corrected chi connectivity index (χ3v) is 1.76. The molecule has 0 saturated heterocycles. The third kappa shape index (κ3) is 1.87. The van der Waals surface area contributed by atoms with Gasteiger partial charge in [0.1, 0.15) is 6.20 Å². The van der Waals surface area contributed by atoms with E-state index in [1.54, 1.807) is 6.92 Å². The van der Waals surface area contributed by atoms with Gasteiger partial charge in [0.2, 0.25) is 6.21 Å². The van der Waals surface area contributed by atoms with Crippen molar-refractivity contribution < 1.29 is 9.66 Å². The van der Waals surface area contributed by atoms with Crippen molar-refractivity contribution in [2.45, 2.75) is 6.92 Å². The second-order valence-corrected chi connectivity index (χ2v) is 2.65. The molecule has 1 rings (SSSR count). The highest BCUT2D eigenvalue weighted by Crippen LogP contribution is 2.09. The molecule has 0 unspecified atom stereocenters. The van der Waals surface area contributed by atoms with Crippen molar-refractivity contribution in [2.24, 2.45) is 7.05 Å². The van der Waals surface area contributed by atoms with E-state index in [2.05, 4.69) is 4.98 Å². The minimum absolute atomic E-state index is 0.138. The van der Waals surface area contributed by atoms with E-state index in [0.717, 1.165) is 6.20 Å². The molecule has 76 valence electrons. The summed E-state index contributed by atoms with van der Waals surface area (Å²) in [5.74, 6) is 0.134. The summed E-state index contributed by atoms with van der Waals surface area (Å²) in [6, 6.07) is 0. The highest BCUT2D eigenvalue weighted by Gasteiger charge is 2.16. The second-order valence-electron chi connectivity index (χ2n) is 2.65. The fraction of sp³-hybridized carbons (Fsp3) is 0.429. The van der Waals surface area contributed by atoms with E-state index in [0.29, 0.717) is 4.74 Å². The lowest BCUT2D eigenvalue weighted by molar-refractivity contribution is -0.448. The lowest BCUT2D eigenvalue weighted by Crippen LogP contribution is -2.09. The van der Waals surface area contributed by atoms with Crippen LogP contribution in [-0.4, -0.2) is 32.0 Å². The number of nitro groups is 1. The fourth-order valence-electron chi connectivity index (χ4n) is 0.924. The van der Waals surface area contributed by atoms with E-state index in [-0.39, 0.29) is 18.2 Å². The van der Waals surface area contributed by atoms with Gasteiger partial charge in [0.15, 0.2) is 6.54 Å². The van der Waals surface area contributed by atoms with E-state index in [4.69, 9.17) is 0 Å². The van der Waals surface area contributed by atoms with Gasteiger partial charge in [-0.05, 0) is 11.8 Å². The number of aromatic nitrogens is 2. The Kier molecular flexibility index (Phi) is 2.80. The van der Waals surface area contributed by atoms with Crippen molar-refractivity contribution >= 4 is 12.0 Å². The Labute approximate surface area is 80.0 Å². The Balaban J connectivity index is 3.07. The number of rotatable bonds is 3. The van der Waals surface area contributed by atoms with Crippen LogP contribution in [0.1, 0.15) is 12.7 Å². The molecule has 0 N–H and O–H groups in total. The van der Waals surface area contributed by atoms with E-state index >= 15 is 0 Å². The molecule has 14 heavy (non-hydrogen) atoms. The second kappa shape index (κ2) is 3.86. The molecule has 0 aliphatic heterocycles. The highest BCUT2D eigenvalue weighted by molar-refractivity contribution is 5.71. The Bertz CT molecular complexity index is 382. The summed E-state index contributed by atoms with van der Waals surface area (Å²) in [6.07, 6.45) is 2.34. The van der Waals surface area contributed by atoms with Crippen molar-refractivity contribution in [3.05, 3.63) is 27.3 Å². The van der Waals surface area contributed by atoms with Gasteiger partial charge < -0.3 is 15.3 Å². The average molecular weight is 198 g/mol. The van der Waals surface area contributed by atoms with Crippen molar-refractivity contribution in [1.29, 1.82) is 0 Å². The minimum Gasteiger partial charge on any atom is -0.624 e. The first-order valence-electron chi connectivity index (χ1n) is 4.01. The largest absolute Gasteiger partial charge is 0.624 e. The van der Waals surface area contributed by atoms with Gasteiger partial charge in [-0.15, -0.1) is 0 Å². The molecule has 0 aromatic carbocycles. The summed E-state index contributed by atoms with van der Waals surface area (Å²) in [7, 11) is 1.49. The van der Waals surface area contributed by atoms with Crippen LogP contribution in [0.25, 0.3) is 0 Å². The first kappa shape index (κ1) is 10.2. The van der Waals surface area contributed by atoms with Crippen LogP contribution in [0.4, 0.5) is 5.82 Å². The Morgan fingerprint density at radius 3 is 2.71 bits per heavy atom. The van der Waals surface area contributed by atoms with Gasteiger partial charge in [0, 0.05) is 0 Å². The van der Waals surface area contributed by atoms with Crippen molar-refractivity contribution in [2.75, 3.05) is 6.54 Å². The summed E-state index contributed by atoms with van der Waals surface area (Å²) >= 11 is 0. The van der Waals surface area contributed by atoms with Gasteiger partial charge in [-0.25, -0.2) is 14.3 Å². The number of hydrogen-bond acceptors (Lipinski definition) is 4. The molecule has 7 heteroatoms. The fourth-order valence-corrected chi connectivity index (χ4v) is 0.924. The highest BCUT2D eigenvalue weighted by atomic mass is 16.6. The quantitative estimate of drug-likeness (QED) is 0.229. The molecule has 0 fully saturated rings. The van der Waals surface area contributed by atoms with Crippen LogP contribution in [0.3, 0.4) is 0 Å². The molecular formula is C7H10N4O3. The summed E-state index contributed by atoms with van der Waals surface area (Å²) in [6.45, 7) is 1.96. The first-order chi connectivity index (χ1) is 6.56. The first-order valence-corrected chi connectivity index (χ1v) is 4.01. The van der Waals surface area contributed by atoms with Crippen LogP contribution in [0, 0.1) is 15.3 Å². The molecule has 0 bridgehead atoms. The number of nitrogens with zero attached hydrogens (tertiary/aromatic N) is 4. The van der Waals surface area contributed by atoms with Gasteiger partial charge in [-0.2, -0.15) is 0 Å². The van der Waals surface area contributed by atoms with Crippen LogP contribution in [0.5, 0.6) is 0 Å². The van der Waals surface area contributed by atoms with E-state index in [1.807, 2.05) is 0 Å². The molecule has 0 amide bonds. The van der Waals surface area contributed by atoms with Crippen LogP contribution >= 0.6 is 0 Å². The third-order valence-electron chi connectivity index (χ3n) is 1.76. The smallest absolute Gasteiger partial charge is 0.343 e. The van der Waals surface area contributed by atoms with E-state index in [1.165, 1.54) is 17.8 Å². The SMILES string of the molecule is CC[N+]([O-])=Cc1ncc([N+](=O)[O-])n1C. The molecule has 0 radical (unpaired) electrons. The maximum atomic E-state index is 11.0. The molecule has 0 aliphatic carbocycles. The predicted molar refractivity (Wildman–Crippen MR) is 49.2 cm³/mol. The summed E-state index contributed by atoms with van der Waals surface area (Å²) in [5, 5.41) is 21.4. The molecule has 1 aromatic heterocycles. The predicted octanol–water partition coefficient (Wildman–Crippen LogP) is 0.277. The van der Waals surface area contributed by atoms with Crippen molar-refractivity contribution in [1.82, 2.24) is 9.55 Å². The average Bonchev–Trinajstić information content (AvgIpc) is 2.48. The lowest BCUT2D eigenvalue weighted by atomic mass is 10.6. The molecule has 0 saturated carbocycles. The number of imidazole rings is 1. The normalized spacial score (nSPS) is 11.7. The zero-order valence-electron chi connectivity index (χ0n) is 7.88. The van der Waals surface area contributed by atoms with Crippen LogP contribution < -0.4 is 0 Å². The molecule has 0 atom stereocenters. The van der Waals surface area contributed by atoms with Crippen molar-refractivity contribution in [3.63, 3.8) is 0 Å². The van der Waals surface area contributed by atoms with Gasteiger partial charge in [0.25, 0.3) is 5.82 Å². The Morgan fingerprint density at radius 2 is 2.29 bits per heavy atom. The Hall–Kier alpha value is -1.92. The minimum atomic E-state index is -0.550. The van der Waals surface area contributed by atoms with Crippen LogP contribution in [0.15, 0.2) is 6.20 Å². The topological polar surface area (TPSA) is 87.0 Å². The maximum absolute atomic E-state index is 11.0. The van der Waals surface area contributed by atoms with Crippen LogP contribution in [0.2, 0.25) is 0 Å². The summed E-state index contributed by atoms with van der Waals surface area (Å²) in [4.78, 5) is 13.6. The molecule has 1 aromatic rings. The standard InChI is InChI=1S/C7H10N4O3/c1-3-10(12)5-6-8-4-7(9(6)2)11(13)14/h4-5H,3H2,1-2H3. The summed E-state index contributed by atoms with van der Waals surface area (Å²) in [5.41, 5.74) is 0. The zero-order valence-corrected chi connectivity index (χ0v) is 7.88. The van der Waals surface area contributed by atoms with Gasteiger partial charge in [0.05, 0.1) is 7.05 Å². The number of hydroxylamine groups is 1. The zero-order chi connectivity index (χ0) is 10.7. The molecule has 7 nitrogen and oxygen atoms in total. The van der Waals surface area contributed by atoms with Gasteiger partial charge in [-0.3, -0.25) is 0 Å².